The average molecular weight is 525 g/mol. The number of rotatable bonds is 8. The summed E-state index contributed by atoms with van der Waals surface area (Å²) in [5.41, 5.74) is 2.23. The van der Waals surface area contributed by atoms with Gasteiger partial charge in [-0.25, -0.2) is 9.97 Å². The van der Waals surface area contributed by atoms with Gasteiger partial charge in [-0.1, -0.05) is 84.0 Å². The Morgan fingerprint density at radius 1 is 1.03 bits per heavy atom. The van der Waals surface area contributed by atoms with Crippen LogP contribution in [-0.4, -0.2) is 53.7 Å². The molecular weight excluding hydrogens is 496 g/mol. The second-order valence-corrected chi connectivity index (χ2v) is 10.3. The van der Waals surface area contributed by atoms with E-state index in [1.807, 2.05) is 48.5 Å². The molecular formula is C27H29ClN4O3S. The first-order chi connectivity index (χ1) is 17.6. The van der Waals surface area contributed by atoms with E-state index in [0.717, 1.165) is 37.3 Å². The lowest BCUT2D eigenvalue weighted by Gasteiger charge is -2.38. The number of amides is 1. The van der Waals surface area contributed by atoms with E-state index in [4.69, 9.17) is 21.1 Å². The third kappa shape index (κ3) is 6.37. The monoisotopic (exact) mass is 524 g/mol. The van der Waals surface area contributed by atoms with Gasteiger partial charge in [0.25, 0.3) is 0 Å². The molecule has 5 rings (SSSR count). The molecule has 1 unspecified atom stereocenters. The van der Waals surface area contributed by atoms with Gasteiger partial charge >= 0.3 is 0 Å². The summed E-state index contributed by atoms with van der Waals surface area (Å²) < 4.78 is 11.6. The molecule has 1 aromatic heterocycles. The van der Waals surface area contributed by atoms with E-state index in [1.54, 1.807) is 6.07 Å². The summed E-state index contributed by atoms with van der Waals surface area (Å²) in [5, 5.41) is 4.04. The number of halogens is 1. The Morgan fingerprint density at radius 2 is 1.69 bits per heavy atom. The fourth-order valence-electron chi connectivity index (χ4n) is 4.63. The molecule has 2 fully saturated rings. The minimum atomic E-state index is -0.446. The van der Waals surface area contributed by atoms with E-state index in [9.17, 15) is 4.79 Å². The number of hydrogen-bond donors (Lipinski definition) is 1. The minimum Gasteiger partial charge on any atom is -0.356 e. The van der Waals surface area contributed by atoms with Crippen LogP contribution >= 0.6 is 23.4 Å². The van der Waals surface area contributed by atoms with Crippen LogP contribution in [0.2, 0.25) is 5.15 Å². The molecule has 3 heterocycles. The number of nitrogens with one attached hydrogen (secondary N) is 1. The molecule has 1 spiro atoms. The van der Waals surface area contributed by atoms with Gasteiger partial charge in [0, 0.05) is 32.0 Å². The van der Waals surface area contributed by atoms with Gasteiger partial charge in [0.05, 0.1) is 25.0 Å². The quantitative estimate of drug-likeness (QED) is 0.261. The van der Waals surface area contributed by atoms with Crippen LogP contribution in [0.15, 0.2) is 71.9 Å². The average Bonchev–Trinajstić information content (AvgIpc) is 3.36. The van der Waals surface area contributed by atoms with Gasteiger partial charge < -0.3 is 19.7 Å². The molecule has 9 heteroatoms. The predicted molar refractivity (Wildman–Crippen MR) is 141 cm³/mol. The molecule has 0 bridgehead atoms. The Kier molecular flexibility index (Phi) is 8.06. The fraction of sp³-hybridized carbons (Fsp3) is 0.370. The van der Waals surface area contributed by atoms with Gasteiger partial charge in [0.15, 0.2) is 10.9 Å². The standard InChI is InChI=1S/C27H29ClN4O3S/c28-23-18-24(32-13-11-27(12-14-32)34-15-16-35-27)31-26(30-23)36-19-25(33)29-22(21-9-5-2-6-10-21)17-20-7-3-1-4-8-20/h1-10,18,22H,11-17,19H2,(H,29,33). The highest BCUT2D eigenvalue weighted by Gasteiger charge is 2.40. The number of carbonyl (C=O) groups is 1. The highest BCUT2D eigenvalue weighted by molar-refractivity contribution is 7.99. The number of aromatic nitrogens is 2. The van der Waals surface area contributed by atoms with Crippen molar-refractivity contribution in [3.8, 4) is 0 Å². The van der Waals surface area contributed by atoms with Crippen LogP contribution in [0.4, 0.5) is 5.82 Å². The van der Waals surface area contributed by atoms with Crippen molar-refractivity contribution in [2.75, 3.05) is 37.0 Å². The number of hydrogen-bond acceptors (Lipinski definition) is 7. The lowest BCUT2D eigenvalue weighted by molar-refractivity contribution is -0.169. The number of anilines is 1. The highest BCUT2D eigenvalue weighted by Crippen LogP contribution is 2.33. The summed E-state index contributed by atoms with van der Waals surface area (Å²) in [4.78, 5) is 24.1. The number of piperidine rings is 1. The topological polar surface area (TPSA) is 76.6 Å². The molecule has 1 atom stereocenters. The van der Waals surface area contributed by atoms with Gasteiger partial charge in [0.2, 0.25) is 5.91 Å². The largest absolute Gasteiger partial charge is 0.356 e. The van der Waals surface area contributed by atoms with Crippen molar-refractivity contribution in [1.29, 1.82) is 0 Å². The molecule has 188 valence electrons. The molecule has 36 heavy (non-hydrogen) atoms. The zero-order valence-corrected chi connectivity index (χ0v) is 21.5. The van der Waals surface area contributed by atoms with Crippen molar-refractivity contribution in [3.63, 3.8) is 0 Å². The highest BCUT2D eigenvalue weighted by atomic mass is 35.5. The lowest BCUT2D eigenvalue weighted by Crippen LogP contribution is -2.45. The van der Waals surface area contributed by atoms with E-state index < -0.39 is 5.79 Å². The number of benzene rings is 2. The molecule has 7 nitrogen and oxygen atoms in total. The van der Waals surface area contributed by atoms with Crippen molar-refractivity contribution < 1.29 is 14.3 Å². The molecule has 2 aromatic carbocycles. The Hall–Kier alpha value is -2.65. The van der Waals surface area contributed by atoms with Crippen LogP contribution in [0.25, 0.3) is 0 Å². The second kappa shape index (κ2) is 11.6. The van der Waals surface area contributed by atoms with Crippen LogP contribution in [-0.2, 0) is 20.7 Å². The Balaban J connectivity index is 1.20. The van der Waals surface area contributed by atoms with Crippen LogP contribution in [0.5, 0.6) is 0 Å². The van der Waals surface area contributed by atoms with E-state index in [-0.39, 0.29) is 17.7 Å². The number of carbonyl (C=O) groups excluding carboxylic acids is 1. The minimum absolute atomic E-state index is 0.0784. The molecule has 2 saturated heterocycles. The van der Waals surface area contributed by atoms with Gasteiger partial charge in [-0.15, -0.1) is 0 Å². The summed E-state index contributed by atoms with van der Waals surface area (Å²) in [6, 6.07) is 21.8. The maximum atomic E-state index is 12.9. The molecule has 1 N–H and O–H groups in total. The van der Waals surface area contributed by atoms with Crippen LogP contribution in [0.3, 0.4) is 0 Å². The molecule has 0 saturated carbocycles. The van der Waals surface area contributed by atoms with Crippen molar-refractivity contribution in [2.24, 2.45) is 0 Å². The van der Waals surface area contributed by atoms with Crippen LogP contribution in [0, 0.1) is 0 Å². The summed E-state index contributed by atoms with van der Waals surface area (Å²) in [7, 11) is 0. The fourth-order valence-corrected chi connectivity index (χ4v) is 5.52. The normalized spacial score (nSPS) is 17.8. The third-order valence-electron chi connectivity index (χ3n) is 6.48. The first-order valence-electron chi connectivity index (χ1n) is 12.2. The Labute approximate surface area is 220 Å². The van der Waals surface area contributed by atoms with Gasteiger partial charge in [0.1, 0.15) is 11.0 Å². The van der Waals surface area contributed by atoms with Crippen LogP contribution in [0.1, 0.15) is 30.0 Å². The van der Waals surface area contributed by atoms with E-state index in [0.29, 0.717) is 29.9 Å². The SMILES string of the molecule is O=C(CSc1nc(Cl)cc(N2CCC3(CC2)OCCO3)n1)NC(Cc1ccccc1)c1ccccc1. The predicted octanol–water partition coefficient (Wildman–Crippen LogP) is 4.67. The van der Waals surface area contributed by atoms with Crippen molar-refractivity contribution in [1.82, 2.24) is 15.3 Å². The first kappa shape index (κ1) is 25.0. The molecule has 2 aliphatic heterocycles. The first-order valence-corrected chi connectivity index (χ1v) is 13.5. The maximum Gasteiger partial charge on any atom is 0.230 e. The lowest BCUT2D eigenvalue weighted by atomic mass is 9.99. The maximum absolute atomic E-state index is 12.9. The van der Waals surface area contributed by atoms with E-state index >= 15 is 0 Å². The zero-order valence-electron chi connectivity index (χ0n) is 19.9. The number of thioether (sulfide) groups is 1. The van der Waals surface area contributed by atoms with E-state index in [2.05, 4.69) is 32.3 Å². The van der Waals surface area contributed by atoms with Gasteiger partial charge in [-0.05, 0) is 17.5 Å². The summed E-state index contributed by atoms with van der Waals surface area (Å²) >= 11 is 7.61. The van der Waals surface area contributed by atoms with Crippen LogP contribution < -0.4 is 10.2 Å². The molecule has 1 amide bonds. The number of ether oxygens (including phenoxy) is 2. The van der Waals surface area contributed by atoms with Crippen molar-refractivity contribution in [2.45, 2.75) is 36.2 Å². The van der Waals surface area contributed by atoms with Crippen molar-refractivity contribution >= 4 is 35.1 Å². The summed E-state index contributed by atoms with van der Waals surface area (Å²) in [5.74, 6) is 0.433. The summed E-state index contributed by atoms with van der Waals surface area (Å²) in [6.45, 7) is 2.82. The second-order valence-electron chi connectivity index (χ2n) is 8.94. The van der Waals surface area contributed by atoms with Gasteiger partial charge in [-0.3, -0.25) is 4.79 Å². The smallest absolute Gasteiger partial charge is 0.230 e. The zero-order chi connectivity index (χ0) is 24.8. The molecule has 0 radical (unpaired) electrons. The number of nitrogens with zero attached hydrogens (tertiary/aromatic N) is 3. The molecule has 0 aliphatic carbocycles. The van der Waals surface area contributed by atoms with E-state index in [1.165, 1.54) is 17.3 Å². The third-order valence-corrected chi connectivity index (χ3v) is 7.52. The molecule has 3 aromatic rings. The Morgan fingerprint density at radius 3 is 2.39 bits per heavy atom. The van der Waals surface area contributed by atoms with Crippen molar-refractivity contribution in [3.05, 3.63) is 83.0 Å². The molecule has 2 aliphatic rings. The summed E-state index contributed by atoms with van der Waals surface area (Å²) in [6.07, 6.45) is 2.27. The Bertz CT molecular complexity index is 1150. The van der Waals surface area contributed by atoms with Gasteiger partial charge in [-0.2, -0.15) is 0 Å².